The number of likely N-dealkylation sites (tertiary alicyclic amines) is 1. The molecule has 4 rings (SSSR count). The molecule has 0 radical (unpaired) electrons. The van der Waals surface area contributed by atoms with Crippen LogP contribution < -0.4 is 9.47 Å². The zero-order valence-corrected chi connectivity index (χ0v) is 17.5. The van der Waals surface area contributed by atoms with Crippen molar-refractivity contribution in [3.05, 3.63) is 47.0 Å². The maximum Gasteiger partial charge on any atom is 0.161 e. The molecule has 2 aromatic heterocycles. The quantitative estimate of drug-likeness (QED) is 0.642. The summed E-state index contributed by atoms with van der Waals surface area (Å²) in [5.74, 6) is 2.43. The minimum atomic E-state index is 0.337. The van der Waals surface area contributed by atoms with Gasteiger partial charge in [0.2, 0.25) is 0 Å². The predicted molar refractivity (Wildman–Crippen MR) is 110 cm³/mol. The second-order valence-electron chi connectivity index (χ2n) is 7.43. The van der Waals surface area contributed by atoms with E-state index in [-0.39, 0.29) is 0 Å². The Labute approximate surface area is 171 Å². The van der Waals surface area contributed by atoms with Crippen LogP contribution in [0.15, 0.2) is 28.9 Å². The lowest BCUT2D eigenvalue weighted by atomic mass is 10.0. The van der Waals surface area contributed by atoms with Gasteiger partial charge in [-0.2, -0.15) is 5.10 Å². The highest BCUT2D eigenvalue weighted by atomic mass is 16.5. The molecule has 1 aromatic carbocycles. The highest BCUT2D eigenvalue weighted by molar-refractivity contribution is 5.66. The van der Waals surface area contributed by atoms with Crippen molar-refractivity contribution in [1.82, 2.24) is 20.3 Å². The summed E-state index contributed by atoms with van der Waals surface area (Å²) >= 11 is 0. The molecule has 7 nitrogen and oxygen atoms in total. The zero-order chi connectivity index (χ0) is 20.4. The molecule has 1 atom stereocenters. The molecule has 154 valence electrons. The summed E-state index contributed by atoms with van der Waals surface area (Å²) < 4.78 is 16.4. The molecule has 0 bridgehead atoms. The van der Waals surface area contributed by atoms with Gasteiger partial charge in [0.1, 0.15) is 5.76 Å². The van der Waals surface area contributed by atoms with Crippen molar-refractivity contribution in [3.8, 4) is 22.8 Å². The second kappa shape index (κ2) is 8.29. The number of nitrogens with zero attached hydrogens (tertiary/aromatic N) is 3. The van der Waals surface area contributed by atoms with Crippen molar-refractivity contribution in [1.29, 1.82) is 0 Å². The third-order valence-corrected chi connectivity index (χ3v) is 5.76. The molecule has 3 aromatic rings. The van der Waals surface area contributed by atoms with E-state index in [1.54, 1.807) is 14.2 Å². The van der Waals surface area contributed by atoms with Gasteiger partial charge in [-0.15, -0.1) is 0 Å². The SMILES string of the molecule is CCc1onc(C)c1[C@@H]1CCCN1Cc1cn[nH]c1-c1ccc(OC)c(OC)c1. The van der Waals surface area contributed by atoms with Crippen LogP contribution in [0.2, 0.25) is 0 Å². The van der Waals surface area contributed by atoms with Crippen molar-refractivity contribution in [2.24, 2.45) is 0 Å². The standard InChI is InChI=1S/C22H28N4O3/c1-5-18-21(14(2)25-29-18)17-7-6-10-26(17)13-16-12-23-24-22(16)15-8-9-19(27-3)20(11-15)28-4/h8-9,11-12,17H,5-7,10,13H2,1-4H3,(H,23,24)/t17-/m0/s1. The molecule has 0 aliphatic carbocycles. The van der Waals surface area contributed by atoms with Crippen LogP contribution in [0.4, 0.5) is 0 Å². The number of rotatable bonds is 7. The molecule has 1 aliphatic heterocycles. The molecule has 0 spiro atoms. The molecule has 0 unspecified atom stereocenters. The molecule has 7 heteroatoms. The molecule has 0 saturated carbocycles. The number of methoxy groups -OCH3 is 2. The Hall–Kier alpha value is -2.80. The monoisotopic (exact) mass is 396 g/mol. The van der Waals surface area contributed by atoms with Gasteiger partial charge in [0.05, 0.1) is 31.8 Å². The van der Waals surface area contributed by atoms with Crippen molar-refractivity contribution in [3.63, 3.8) is 0 Å². The number of benzene rings is 1. The highest BCUT2D eigenvalue weighted by Gasteiger charge is 2.32. The van der Waals surface area contributed by atoms with Crippen molar-refractivity contribution < 1.29 is 14.0 Å². The summed E-state index contributed by atoms with van der Waals surface area (Å²) in [4.78, 5) is 2.51. The van der Waals surface area contributed by atoms with Gasteiger partial charge in [0, 0.05) is 35.7 Å². The maximum atomic E-state index is 5.56. The molecule has 1 fully saturated rings. The van der Waals surface area contributed by atoms with Crippen LogP contribution in [0.5, 0.6) is 11.5 Å². The van der Waals surface area contributed by atoms with E-state index >= 15 is 0 Å². The average Bonchev–Trinajstić information content (AvgIpc) is 3.47. The Morgan fingerprint density at radius 2 is 2.07 bits per heavy atom. The van der Waals surface area contributed by atoms with E-state index in [9.17, 15) is 0 Å². The molecule has 1 aliphatic rings. The van der Waals surface area contributed by atoms with Gasteiger partial charge in [0.15, 0.2) is 11.5 Å². The van der Waals surface area contributed by atoms with Crippen LogP contribution in [0.25, 0.3) is 11.3 Å². The van der Waals surface area contributed by atoms with E-state index in [4.69, 9.17) is 14.0 Å². The molecule has 29 heavy (non-hydrogen) atoms. The van der Waals surface area contributed by atoms with Gasteiger partial charge in [0.25, 0.3) is 0 Å². The number of aromatic amines is 1. The molecular formula is C22H28N4O3. The second-order valence-corrected chi connectivity index (χ2v) is 7.43. The van der Waals surface area contributed by atoms with Crippen LogP contribution in [-0.2, 0) is 13.0 Å². The third-order valence-electron chi connectivity index (χ3n) is 5.76. The molecule has 1 N–H and O–H groups in total. The van der Waals surface area contributed by atoms with Crippen molar-refractivity contribution >= 4 is 0 Å². The van der Waals surface area contributed by atoms with Crippen molar-refractivity contribution in [2.75, 3.05) is 20.8 Å². The Balaban J connectivity index is 1.61. The predicted octanol–water partition coefficient (Wildman–Crippen LogP) is 4.29. The smallest absolute Gasteiger partial charge is 0.161 e. The lowest BCUT2D eigenvalue weighted by Gasteiger charge is -2.24. The number of aromatic nitrogens is 3. The van der Waals surface area contributed by atoms with Gasteiger partial charge in [-0.3, -0.25) is 10.00 Å². The largest absolute Gasteiger partial charge is 0.493 e. The Bertz CT molecular complexity index is 978. The topological polar surface area (TPSA) is 76.4 Å². The van der Waals surface area contributed by atoms with Gasteiger partial charge < -0.3 is 14.0 Å². The van der Waals surface area contributed by atoms with Crippen LogP contribution in [0, 0.1) is 6.92 Å². The minimum absolute atomic E-state index is 0.337. The number of H-pyrrole nitrogens is 1. The van der Waals surface area contributed by atoms with Gasteiger partial charge in [-0.1, -0.05) is 12.1 Å². The van der Waals surface area contributed by atoms with Gasteiger partial charge >= 0.3 is 0 Å². The fourth-order valence-corrected chi connectivity index (χ4v) is 4.34. The van der Waals surface area contributed by atoms with Gasteiger partial charge in [-0.05, 0) is 44.5 Å². The first-order valence-corrected chi connectivity index (χ1v) is 10.1. The summed E-state index contributed by atoms with van der Waals surface area (Å²) in [6.07, 6.45) is 5.08. The van der Waals surface area contributed by atoms with Gasteiger partial charge in [-0.25, -0.2) is 0 Å². The first-order valence-electron chi connectivity index (χ1n) is 10.1. The summed E-state index contributed by atoms with van der Waals surface area (Å²) in [5.41, 5.74) is 5.47. The Morgan fingerprint density at radius 3 is 2.83 bits per heavy atom. The zero-order valence-electron chi connectivity index (χ0n) is 17.5. The normalized spacial score (nSPS) is 17.0. The van der Waals surface area contributed by atoms with Crippen LogP contribution in [-0.4, -0.2) is 41.0 Å². The van der Waals surface area contributed by atoms with Crippen LogP contribution in [0.1, 0.15) is 48.4 Å². The Morgan fingerprint density at radius 1 is 1.24 bits per heavy atom. The molecular weight excluding hydrogens is 368 g/mol. The van der Waals surface area contributed by atoms with Crippen molar-refractivity contribution in [2.45, 2.75) is 45.7 Å². The lowest BCUT2D eigenvalue weighted by molar-refractivity contribution is 0.245. The highest BCUT2D eigenvalue weighted by Crippen LogP contribution is 2.38. The van der Waals surface area contributed by atoms with E-state index in [2.05, 4.69) is 27.2 Å². The lowest BCUT2D eigenvalue weighted by Crippen LogP contribution is -2.23. The first-order chi connectivity index (χ1) is 14.2. The fourth-order valence-electron chi connectivity index (χ4n) is 4.34. The Kier molecular flexibility index (Phi) is 5.58. The summed E-state index contributed by atoms with van der Waals surface area (Å²) in [6.45, 7) is 6.03. The van der Waals surface area contributed by atoms with Crippen LogP contribution in [0.3, 0.4) is 0 Å². The third kappa shape index (κ3) is 3.62. The minimum Gasteiger partial charge on any atom is -0.493 e. The number of aryl methyl sites for hydroxylation is 2. The average molecular weight is 396 g/mol. The number of hydrogen-bond donors (Lipinski definition) is 1. The summed E-state index contributed by atoms with van der Waals surface area (Å²) in [7, 11) is 3.29. The first kappa shape index (κ1) is 19.5. The van der Waals surface area contributed by atoms with E-state index in [1.807, 2.05) is 31.3 Å². The van der Waals surface area contributed by atoms with E-state index in [0.717, 1.165) is 54.2 Å². The van der Waals surface area contributed by atoms with E-state index in [0.29, 0.717) is 17.5 Å². The summed E-state index contributed by atoms with van der Waals surface area (Å²) in [6, 6.07) is 6.27. The number of ether oxygens (including phenoxy) is 2. The van der Waals surface area contributed by atoms with E-state index in [1.165, 1.54) is 12.0 Å². The fraction of sp³-hybridized carbons (Fsp3) is 0.455. The summed E-state index contributed by atoms with van der Waals surface area (Å²) in [5, 5.41) is 11.7. The maximum absolute atomic E-state index is 5.56. The number of nitrogens with one attached hydrogen (secondary N) is 1. The van der Waals surface area contributed by atoms with Crippen LogP contribution >= 0.6 is 0 Å². The molecule has 0 amide bonds. The molecule has 1 saturated heterocycles. The number of hydrogen-bond acceptors (Lipinski definition) is 6. The molecule has 3 heterocycles. The van der Waals surface area contributed by atoms with E-state index < -0.39 is 0 Å².